The van der Waals surface area contributed by atoms with Gasteiger partial charge < -0.3 is 25.4 Å². The lowest BCUT2D eigenvalue weighted by atomic mass is 9.87. The Morgan fingerprint density at radius 2 is 1.89 bits per heavy atom. The van der Waals surface area contributed by atoms with Crippen LogP contribution in [0.4, 0.5) is 4.79 Å². The Morgan fingerprint density at radius 1 is 1.09 bits per heavy atom. The lowest BCUT2D eigenvalue weighted by molar-refractivity contribution is -0.141. The van der Waals surface area contributed by atoms with Crippen LogP contribution in [0.3, 0.4) is 0 Å². The molecular weight excluding hydrogens is 626 g/mol. The summed E-state index contributed by atoms with van der Waals surface area (Å²) in [6.07, 6.45) is 9.58. The second-order valence-electron chi connectivity index (χ2n) is 13.6. The van der Waals surface area contributed by atoms with Crippen molar-refractivity contribution >= 4 is 44.7 Å². The van der Waals surface area contributed by atoms with Crippen molar-refractivity contribution in [3.63, 3.8) is 0 Å². The van der Waals surface area contributed by atoms with Crippen LogP contribution >= 0.6 is 0 Å². The zero-order chi connectivity index (χ0) is 33.0. The van der Waals surface area contributed by atoms with Gasteiger partial charge in [-0.25, -0.2) is 13.2 Å². The predicted octanol–water partition coefficient (Wildman–Crippen LogP) is 2.54. The molecule has 1 aromatic carbocycles. The van der Waals surface area contributed by atoms with E-state index < -0.39 is 68.2 Å². The minimum absolute atomic E-state index is 0.0343. The Balaban J connectivity index is 1.22. The van der Waals surface area contributed by atoms with Gasteiger partial charge in [-0.05, 0) is 57.4 Å². The summed E-state index contributed by atoms with van der Waals surface area (Å²) in [5.74, 6) is -1.78. The van der Waals surface area contributed by atoms with Crippen molar-refractivity contribution in [2.75, 3.05) is 6.54 Å². The third-order valence-corrected chi connectivity index (χ3v) is 12.1. The van der Waals surface area contributed by atoms with Crippen LogP contribution in [0.25, 0.3) is 10.9 Å². The zero-order valence-electron chi connectivity index (χ0n) is 25.9. The van der Waals surface area contributed by atoms with Crippen molar-refractivity contribution in [2.24, 2.45) is 5.92 Å². The fourth-order valence-corrected chi connectivity index (χ4v) is 8.82. The first-order valence-electron chi connectivity index (χ1n) is 16.4. The lowest BCUT2D eigenvalue weighted by Crippen LogP contribution is -2.58. The quantitative estimate of drug-likeness (QED) is 0.357. The first-order chi connectivity index (χ1) is 22.5. The number of allylic oxidation sites excluding steroid dienone is 1. The molecule has 4 heterocycles. The molecule has 1 saturated heterocycles. The Kier molecular flexibility index (Phi) is 7.88. The normalized spacial score (nSPS) is 31.7. The molecule has 2 saturated carbocycles. The standard InChI is InChI=1S/C33H39N5O8S/c39-28-26-17-32(15-14-23-22-9-6-7-10-24(22)34-18-27(23)46-32)19-38(26)29(40)25(35-31(42)43)11-5-3-1-2-4-8-20-16-33(20,36-28)30(41)37-47(44,45)21-12-13-21/h4,6-10,18,20-21,25-26,35H,1-3,5,11-17,19H2,(H,36,39)(H,37,41)(H,42,43)/b8-4-/t20-,25+,26+,32-,33-/m1/s1. The average Bonchev–Trinajstić information content (AvgIpc) is 3.96. The summed E-state index contributed by atoms with van der Waals surface area (Å²) in [4.78, 5) is 59.7. The molecule has 14 heteroatoms. The number of hydrogen-bond acceptors (Lipinski definition) is 8. The van der Waals surface area contributed by atoms with Crippen molar-refractivity contribution < 1.29 is 37.4 Å². The van der Waals surface area contributed by atoms with Crippen LogP contribution in [-0.2, 0) is 30.8 Å². The van der Waals surface area contributed by atoms with Gasteiger partial charge in [-0.15, -0.1) is 0 Å². The Labute approximate surface area is 272 Å². The second-order valence-corrected chi connectivity index (χ2v) is 15.6. The number of aromatic nitrogens is 1. The van der Waals surface area contributed by atoms with Gasteiger partial charge in [-0.1, -0.05) is 43.2 Å². The molecule has 7 rings (SSSR count). The number of carbonyl (C=O) groups is 4. The summed E-state index contributed by atoms with van der Waals surface area (Å²) in [6, 6.07) is 5.59. The number of amides is 4. The summed E-state index contributed by atoms with van der Waals surface area (Å²) in [7, 11) is -3.87. The first kappa shape index (κ1) is 31.4. The number of nitrogens with one attached hydrogen (secondary N) is 3. The lowest BCUT2D eigenvalue weighted by Gasteiger charge is -2.36. The average molecular weight is 666 g/mol. The van der Waals surface area contributed by atoms with Crippen LogP contribution in [-0.4, -0.2) is 82.2 Å². The van der Waals surface area contributed by atoms with Gasteiger partial charge >= 0.3 is 6.09 Å². The molecule has 3 fully saturated rings. The first-order valence-corrected chi connectivity index (χ1v) is 18.0. The van der Waals surface area contributed by atoms with Crippen molar-refractivity contribution in [1.29, 1.82) is 0 Å². The highest BCUT2D eigenvalue weighted by Gasteiger charge is 2.63. The highest BCUT2D eigenvalue weighted by atomic mass is 32.2. The van der Waals surface area contributed by atoms with E-state index in [-0.39, 0.29) is 25.8 Å². The zero-order valence-corrected chi connectivity index (χ0v) is 26.8. The van der Waals surface area contributed by atoms with Crippen molar-refractivity contribution in [3.05, 3.63) is 48.2 Å². The Hall–Kier alpha value is -4.20. The number of nitrogens with zero attached hydrogens (tertiary/aromatic N) is 2. The molecule has 0 radical (unpaired) electrons. The molecule has 0 bridgehead atoms. The van der Waals surface area contributed by atoms with Gasteiger partial charge in [0.1, 0.15) is 29.0 Å². The number of sulfonamides is 1. The maximum Gasteiger partial charge on any atom is 0.405 e. The number of ether oxygens (including phenoxy) is 1. The number of para-hydroxylation sites is 1. The molecule has 13 nitrogen and oxygen atoms in total. The van der Waals surface area contributed by atoms with Gasteiger partial charge in [0, 0.05) is 23.3 Å². The number of pyridine rings is 1. The fraction of sp³-hybridized carbons (Fsp3) is 0.545. The maximum atomic E-state index is 14.2. The minimum atomic E-state index is -3.87. The number of fused-ring (bicyclic) bond motifs is 5. The molecule has 0 unspecified atom stereocenters. The highest BCUT2D eigenvalue weighted by molar-refractivity contribution is 7.91. The van der Waals surface area contributed by atoms with Crippen LogP contribution in [0, 0.1) is 5.92 Å². The van der Waals surface area contributed by atoms with Crippen LogP contribution in [0.5, 0.6) is 5.75 Å². The monoisotopic (exact) mass is 665 g/mol. The van der Waals surface area contributed by atoms with E-state index in [9.17, 15) is 32.7 Å². The summed E-state index contributed by atoms with van der Waals surface area (Å²) in [5, 5.41) is 15.2. The topological polar surface area (TPSA) is 184 Å². The maximum absolute atomic E-state index is 14.2. The van der Waals surface area contributed by atoms with E-state index in [1.807, 2.05) is 36.4 Å². The molecule has 4 N–H and O–H groups in total. The molecule has 2 aromatic rings. The van der Waals surface area contributed by atoms with Gasteiger partial charge in [0.2, 0.25) is 21.8 Å². The van der Waals surface area contributed by atoms with E-state index in [4.69, 9.17) is 4.74 Å². The van der Waals surface area contributed by atoms with Crippen LogP contribution in [0.1, 0.15) is 69.8 Å². The highest BCUT2D eigenvalue weighted by Crippen LogP contribution is 2.47. The molecule has 5 atom stereocenters. The molecule has 1 aromatic heterocycles. The summed E-state index contributed by atoms with van der Waals surface area (Å²) >= 11 is 0. The molecule has 47 heavy (non-hydrogen) atoms. The fourth-order valence-electron chi connectivity index (χ4n) is 7.45. The predicted molar refractivity (Wildman–Crippen MR) is 170 cm³/mol. The van der Waals surface area contributed by atoms with E-state index in [0.29, 0.717) is 44.3 Å². The van der Waals surface area contributed by atoms with Crippen molar-refractivity contribution in [3.8, 4) is 5.75 Å². The summed E-state index contributed by atoms with van der Waals surface area (Å²) < 4.78 is 34.3. The van der Waals surface area contributed by atoms with Gasteiger partial charge in [0.05, 0.1) is 23.5 Å². The summed E-state index contributed by atoms with van der Waals surface area (Å²) in [5.41, 5.74) is -0.613. The second kappa shape index (κ2) is 11.8. The van der Waals surface area contributed by atoms with Crippen LogP contribution in [0.15, 0.2) is 42.6 Å². The van der Waals surface area contributed by atoms with Crippen LogP contribution in [0.2, 0.25) is 0 Å². The molecule has 250 valence electrons. The Morgan fingerprint density at radius 3 is 2.68 bits per heavy atom. The van der Waals surface area contributed by atoms with E-state index >= 15 is 0 Å². The molecule has 2 aliphatic carbocycles. The van der Waals surface area contributed by atoms with Gasteiger partial charge in [-0.2, -0.15) is 0 Å². The number of aryl methyl sites for hydroxylation is 1. The van der Waals surface area contributed by atoms with E-state index in [0.717, 1.165) is 29.3 Å². The minimum Gasteiger partial charge on any atom is -0.483 e. The largest absolute Gasteiger partial charge is 0.483 e. The molecule has 5 aliphatic rings. The van der Waals surface area contributed by atoms with Gasteiger partial charge in [0.15, 0.2) is 0 Å². The number of hydrogen-bond donors (Lipinski definition) is 4. The third kappa shape index (κ3) is 6.03. The van der Waals surface area contributed by atoms with E-state index in [1.54, 1.807) is 6.20 Å². The number of carboxylic acid groups (broad SMARTS) is 1. The van der Waals surface area contributed by atoms with Gasteiger partial charge in [-0.3, -0.25) is 24.1 Å². The number of benzene rings is 1. The summed E-state index contributed by atoms with van der Waals surface area (Å²) in [6.45, 7) is 0.0343. The number of rotatable bonds is 4. The molecular formula is C33H39N5O8S. The SMILES string of the molecule is O=C(O)N[C@H]1CCCCC/C=C\[C@@H]2C[C@@]2(C(=O)NS(=O)(=O)C2CC2)NC(=O)[C@@H]2C[C@]3(CCc4c(cnc5ccccc45)O3)CN2C1=O. The molecule has 4 amide bonds. The molecule has 1 spiro atoms. The van der Waals surface area contributed by atoms with E-state index in [1.165, 1.54) is 4.90 Å². The van der Waals surface area contributed by atoms with Crippen molar-refractivity contribution in [1.82, 2.24) is 25.2 Å². The van der Waals surface area contributed by atoms with Gasteiger partial charge in [0.25, 0.3) is 5.91 Å². The van der Waals surface area contributed by atoms with E-state index in [2.05, 4.69) is 20.3 Å². The smallest absolute Gasteiger partial charge is 0.405 e. The number of carbonyl (C=O) groups excluding carboxylic acids is 3. The van der Waals surface area contributed by atoms with Crippen molar-refractivity contribution in [2.45, 2.75) is 99.1 Å². The van der Waals surface area contributed by atoms with Crippen LogP contribution < -0.4 is 20.1 Å². The third-order valence-electron chi connectivity index (χ3n) is 10.3. The Bertz CT molecular complexity index is 1780. The molecule has 3 aliphatic heterocycles.